The van der Waals surface area contributed by atoms with E-state index < -0.39 is 11.6 Å². The molecule has 1 aromatic heterocycles. The molecule has 0 bridgehead atoms. The van der Waals surface area contributed by atoms with Crippen molar-refractivity contribution in [1.29, 1.82) is 0 Å². The molecular formula is C15H16F2N2O. The van der Waals surface area contributed by atoms with Crippen molar-refractivity contribution < 1.29 is 13.5 Å². The minimum Gasteiger partial charge on any atom is -0.481 e. The van der Waals surface area contributed by atoms with Crippen molar-refractivity contribution in [3.05, 3.63) is 59.3 Å². The van der Waals surface area contributed by atoms with Crippen LogP contribution in [0.5, 0.6) is 5.88 Å². The third-order valence-corrected chi connectivity index (χ3v) is 3.17. The smallest absolute Gasteiger partial charge is 0.217 e. The molecule has 20 heavy (non-hydrogen) atoms. The maximum absolute atomic E-state index is 13.7. The highest BCUT2D eigenvalue weighted by atomic mass is 19.2. The second-order valence-corrected chi connectivity index (χ2v) is 4.36. The molecule has 2 rings (SSSR count). The van der Waals surface area contributed by atoms with Gasteiger partial charge in [0.25, 0.3) is 0 Å². The largest absolute Gasteiger partial charge is 0.481 e. The molecule has 0 aliphatic heterocycles. The fourth-order valence-corrected chi connectivity index (χ4v) is 2.13. The Kier molecular flexibility index (Phi) is 4.63. The summed E-state index contributed by atoms with van der Waals surface area (Å²) in [6, 6.07) is 7.61. The van der Waals surface area contributed by atoms with Gasteiger partial charge >= 0.3 is 0 Å². The number of nitrogens with one attached hydrogen (secondary N) is 1. The van der Waals surface area contributed by atoms with Crippen molar-refractivity contribution in [2.75, 3.05) is 14.2 Å². The average molecular weight is 278 g/mol. The predicted molar refractivity (Wildman–Crippen MR) is 72.7 cm³/mol. The SMILES string of the molecule is CNC(Cc1cccc(F)c1F)c1cccnc1OC. The quantitative estimate of drug-likeness (QED) is 0.913. The summed E-state index contributed by atoms with van der Waals surface area (Å²) in [4.78, 5) is 4.12. The molecule has 5 heteroatoms. The first-order valence-corrected chi connectivity index (χ1v) is 6.26. The Labute approximate surface area is 116 Å². The van der Waals surface area contributed by atoms with Gasteiger partial charge in [-0.25, -0.2) is 13.8 Å². The van der Waals surface area contributed by atoms with Crippen LogP contribution in [0.4, 0.5) is 8.78 Å². The second-order valence-electron chi connectivity index (χ2n) is 4.36. The fraction of sp³-hybridized carbons (Fsp3) is 0.267. The minimum absolute atomic E-state index is 0.213. The van der Waals surface area contributed by atoms with Crippen LogP contribution in [0.3, 0.4) is 0 Å². The summed E-state index contributed by atoms with van der Waals surface area (Å²) in [5.74, 6) is -1.17. The molecule has 0 aliphatic carbocycles. The summed E-state index contributed by atoms with van der Waals surface area (Å²) in [5, 5.41) is 3.08. The third kappa shape index (κ3) is 2.93. The van der Waals surface area contributed by atoms with Crippen molar-refractivity contribution in [3.63, 3.8) is 0 Å². The molecular weight excluding hydrogens is 262 g/mol. The number of halogens is 2. The summed E-state index contributed by atoms with van der Waals surface area (Å²) >= 11 is 0. The van der Waals surface area contributed by atoms with E-state index in [1.165, 1.54) is 13.2 Å². The Morgan fingerprint density at radius 3 is 2.75 bits per heavy atom. The number of nitrogens with zero attached hydrogens (tertiary/aromatic N) is 1. The lowest BCUT2D eigenvalue weighted by atomic mass is 9.99. The summed E-state index contributed by atoms with van der Waals surface area (Å²) in [5.41, 5.74) is 1.12. The Morgan fingerprint density at radius 2 is 2.05 bits per heavy atom. The van der Waals surface area contributed by atoms with Crippen LogP contribution < -0.4 is 10.1 Å². The molecule has 106 valence electrons. The monoisotopic (exact) mass is 278 g/mol. The number of benzene rings is 1. The maximum Gasteiger partial charge on any atom is 0.217 e. The van der Waals surface area contributed by atoms with Gasteiger partial charge in [-0.15, -0.1) is 0 Å². The highest BCUT2D eigenvalue weighted by Crippen LogP contribution is 2.26. The number of hydrogen-bond acceptors (Lipinski definition) is 3. The predicted octanol–water partition coefficient (Wildman–Crippen LogP) is 2.87. The van der Waals surface area contributed by atoms with Crippen molar-refractivity contribution in [1.82, 2.24) is 10.3 Å². The first-order valence-electron chi connectivity index (χ1n) is 6.26. The van der Waals surface area contributed by atoms with Crippen molar-refractivity contribution in [2.24, 2.45) is 0 Å². The lowest BCUT2D eigenvalue weighted by Gasteiger charge is -2.19. The Balaban J connectivity index is 2.31. The molecule has 0 fully saturated rings. The van der Waals surface area contributed by atoms with Crippen LogP contribution >= 0.6 is 0 Å². The molecule has 0 aliphatic rings. The molecule has 2 aromatic rings. The lowest BCUT2D eigenvalue weighted by molar-refractivity contribution is 0.383. The van der Waals surface area contributed by atoms with Gasteiger partial charge in [0.05, 0.1) is 7.11 Å². The van der Waals surface area contributed by atoms with Crippen molar-refractivity contribution >= 4 is 0 Å². The van der Waals surface area contributed by atoms with Crippen LogP contribution in [-0.4, -0.2) is 19.1 Å². The topological polar surface area (TPSA) is 34.2 Å². The molecule has 1 aromatic carbocycles. The van der Waals surface area contributed by atoms with Gasteiger partial charge in [0, 0.05) is 17.8 Å². The van der Waals surface area contributed by atoms with E-state index >= 15 is 0 Å². The van der Waals surface area contributed by atoms with Gasteiger partial charge in [-0.2, -0.15) is 0 Å². The number of likely N-dealkylation sites (N-methyl/N-ethyl adjacent to an activating group) is 1. The summed E-state index contributed by atoms with van der Waals surface area (Å²) in [7, 11) is 3.29. The van der Waals surface area contributed by atoms with Gasteiger partial charge in [-0.3, -0.25) is 0 Å². The number of hydrogen-bond donors (Lipinski definition) is 1. The van der Waals surface area contributed by atoms with E-state index in [1.54, 1.807) is 25.4 Å². The summed E-state index contributed by atoms with van der Waals surface area (Å²) in [6.45, 7) is 0. The first kappa shape index (κ1) is 14.4. The lowest BCUT2D eigenvalue weighted by Crippen LogP contribution is -2.20. The molecule has 1 N–H and O–H groups in total. The van der Waals surface area contributed by atoms with E-state index in [0.717, 1.165) is 11.6 Å². The van der Waals surface area contributed by atoms with Gasteiger partial charge in [0.1, 0.15) is 0 Å². The number of rotatable bonds is 5. The molecule has 0 amide bonds. The molecule has 0 spiro atoms. The van der Waals surface area contributed by atoms with Gasteiger partial charge in [0.15, 0.2) is 11.6 Å². The summed E-state index contributed by atoms with van der Waals surface area (Å²) < 4.78 is 32.2. The molecule has 1 unspecified atom stereocenters. The van der Waals surface area contributed by atoms with Crippen LogP contribution in [-0.2, 0) is 6.42 Å². The first-order chi connectivity index (χ1) is 9.67. The van der Waals surface area contributed by atoms with Crippen LogP contribution in [0.1, 0.15) is 17.2 Å². The van der Waals surface area contributed by atoms with Crippen LogP contribution in [0, 0.1) is 11.6 Å². The van der Waals surface area contributed by atoms with Gasteiger partial charge in [-0.05, 0) is 31.2 Å². The zero-order valence-corrected chi connectivity index (χ0v) is 11.4. The molecule has 0 saturated heterocycles. The number of ether oxygens (including phenoxy) is 1. The summed E-state index contributed by atoms with van der Waals surface area (Å²) in [6.07, 6.45) is 1.93. The van der Waals surface area contributed by atoms with Gasteiger partial charge in [-0.1, -0.05) is 18.2 Å². The Morgan fingerprint density at radius 1 is 1.25 bits per heavy atom. The molecule has 0 saturated carbocycles. The van der Waals surface area contributed by atoms with E-state index in [2.05, 4.69) is 10.3 Å². The highest BCUT2D eigenvalue weighted by Gasteiger charge is 2.18. The Hall–Kier alpha value is -2.01. The fourth-order valence-electron chi connectivity index (χ4n) is 2.13. The molecule has 3 nitrogen and oxygen atoms in total. The van der Waals surface area contributed by atoms with E-state index in [9.17, 15) is 8.78 Å². The molecule has 0 radical (unpaired) electrons. The van der Waals surface area contributed by atoms with Crippen LogP contribution in [0.25, 0.3) is 0 Å². The van der Waals surface area contributed by atoms with E-state index in [-0.39, 0.29) is 6.04 Å². The highest BCUT2D eigenvalue weighted by molar-refractivity contribution is 5.31. The van der Waals surface area contributed by atoms with Crippen molar-refractivity contribution in [2.45, 2.75) is 12.5 Å². The van der Waals surface area contributed by atoms with E-state index in [1.807, 2.05) is 6.07 Å². The number of pyridine rings is 1. The normalized spacial score (nSPS) is 12.2. The standard InChI is InChI=1S/C15H16F2N2O/c1-18-13(11-6-4-8-19-15(11)20-2)9-10-5-3-7-12(16)14(10)17/h3-8,13,18H,9H2,1-2H3. The number of aromatic nitrogens is 1. The van der Waals surface area contributed by atoms with Crippen LogP contribution in [0.2, 0.25) is 0 Å². The number of methoxy groups -OCH3 is 1. The molecule has 1 heterocycles. The minimum atomic E-state index is -0.837. The zero-order chi connectivity index (χ0) is 14.5. The molecule has 1 atom stereocenters. The third-order valence-electron chi connectivity index (χ3n) is 3.17. The van der Waals surface area contributed by atoms with Gasteiger partial charge < -0.3 is 10.1 Å². The average Bonchev–Trinajstić information content (AvgIpc) is 2.49. The van der Waals surface area contributed by atoms with Crippen LogP contribution in [0.15, 0.2) is 36.5 Å². The Bertz CT molecular complexity index is 590. The van der Waals surface area contributed by atoms with E-state index in [0.29, 0.717) is 17.9 Å². The van der Waals surface area contributed by atoms with E-state index in [4.69, 9.17) is 4.74 Å². The van der Waals surface area contributed by atoms with Crippen molar-refractivity contribution in [3.8, 4) is 5.88 Å². The second kappa shape index (κ2) is 6.43. The zero-order valence-electron chi connectivity index (χ0n) is 11.4. The van der Waals surface area contributed by atoms with Gasteiger partial charge in [0.2, 0.25) is 5.88 Å². The maximum atomic E-state index is 13.7.